The van der Waals surface area contributed by atoms with Gasteiger partial charge in [0.05, 0.1) is 7.11 Å². The van der Waals surface area contributed by atoms with Crippen LogP contribution in [0.5, 0.6) is 0 Å². The molecule has 1 saturated carbocycles. The number of carbonyl (C=O) groups excluding carboxylic acids is 1. The molecule has 1 spiro atoms. The first-order valence-corrected chi connectivity index (χ1v) is 6.33. The minimum atomic E-state index is -0.654. The van der Waals surface area contributed by atoms with E-state index in [-0.39, 0.29) is 17.5 Å². The van der Waals surface area contributed by atoms with Gasteiger partial charge in [0.25, 0.3) is 0 Å². The van der Waals surface area contributed by atoms with E-state index in [9.17, 15) is 4.79 Å². The Labute approximate surface area is 97.5 Å². The number of ether oxygens (including phenoxy) is 2. The zero-order valence-electron chi connectivity index (χ0n) is 10.7. The zero-order valence-corrected chi connectivity index (χ0v) is 10.7. The Kier molecular flexibility index (Phi) is 2.77. The summed E-state index contributed by atoms with van der Waals surface area (Å²) in [4.78, 5) is 12.0. The predicted molar refractivity (Wildman–Crippen MR) is 61.0 cm³/mol. The van der Waals surface area contributed by atoms with E-state index in [1.165, 1.54) is 20.0 Å². The van der Waals surface area contributed by atoms with Crippen LogP contribution in [-0.2, 0) is 14.3 Å². The maximum absolute atomic E-state index is 12.0. The van der Waals surface area contributed by atoms with E-state index in [0.717, 1.165) is 12.8 Å². The molecule has 0 amide bonds. The SMILES string of the molecule is CCC1CCCC12OC2(C(=O)OC)C(C)C. The standard InChI is InChI=1S/C13H22O3/c1-5-10-7-6-8-12(10)13(16-12,9(2)3)11(14)15-4/h9-10H,5-8H2,1-4H3. The summed E-state index contributed by atoms with van der Waals surface area (Å²) >= 11 is 0. The first-order chi connectivity index (χ1) is 7.55. The average molecular weight is 226 g/mol. The summed E-state index contributed by atoms with van der Waals surface area (Å²) in [5, 5.41) is 0. The lowest BCUT2D eigenvalue weighted by Gasteiger charge is -2.22. The molecule has 2 fully saturated rings. The number of epoxide rings is 1. The van der Waals surface area contributed by atoms with Crippen molar-refractivity contribution in [2.24, 2.45) is 11.8 Å². The molecule has 0 N–H and O–H groups in total. The summed E-state index contributed by atoms with van der Waals surface area (Å²) < 4.78 is 11.0. The second kappa shape index (κ2) is 3.73. The number of methoxy groups -OCH3 is 1. The average Bonchev–Trinajstić information content (AvgIpc) is 2.76. The van der Waals surface area contributed by atoms with Crippen molar-refractivity contribution < 1.29 is 14.3 Å². The summed E-state index contributed by atoms with van der Waals surface area (Å²) in [5.74, 6) is 0.531. The Hall–Kier alpha value is -0.570. The van der Waals surface area contributed by atoms with Crippen molar-refractivity contribution in [3.63, 3.8) is 0 Å². The molecule has 0 radical (unpaired) electrons. The van der Waals surface area contributed by atoms with E-state index in [2.05, 4.69) is 20.8 Å². The highest BCUT2D eigenvalue weighted by atomic mass is 16.7. The van der Waals surface area contributed by atoms with Gasteiger partial charge < -0.3 is 9.47 Å². The Morgan fingerprint density at radius 1 is 1.56 bits per heavy atom. The van der Waals surface area contributed by atoms with Crippen LogP contribution in [0.1, 0.15) is 46.5 Å². The third kappa shape index (κ3) is 1.21. The molecule has 0 aromatic rings. The van der Waals surface area contributed by atoms with Gasteiger partial charge in [-0.2, -0.15) is 0 Å². The van der Waals surface area contributed by atoms with Crippen molar-refractivity contribution >= 4 is 5.97 Å². The molecule has 2 aliphatic rings. The quantitative estimate of drug-likeness (QED) is 0.548. The van der Waals surface area contributed by atoms with Crippen LogP contribution in [0.25, 0.3) is 0 Å². The summed E-state index contributed by atoms with van der Waals surface area (Å²) in [7, 11) is 1.46. The first kappa shape index (κ1) is 11.9. The van der Waals surface area contributed by atoms with Gasteiger partial charge >= 0.3 is 5.97 Å². The topological polar surface area (TPSA) is 38.8 Å². The number of rotatable bonds is 3. The highest BCUT2D eigenvalue weighted by Crippen LogP contribution is 2.64. The van der Waals surface area contributed by atoms with E-state index in [0.29, 0.717) is 5.92 Å². The molecule has 3 heteroatoms. The lowest BCUT2D eigenvalue weighted by molar-refractivity contribution is -0.148. The summed E-state index contributed by atoms with van der Waals surface area (Å²) in [6, 6.07) is 0. The number of hydrogen-bond donors (Lipinski definition) is 0. The van der Waals surface area contributed by atoms with Gasteiger partial charge in [0.15, 0.2) is 5.60 Å². The van der Waals surface area contributed by atoms with E-state index in [1.807, 2.05) is 0 Å². The van der Waals surface area contributed by atoms with Crippen LogP contribution in [0, 0.1) is 11.8 Å². The van der Waals surface area contributed by atoms with Crippen LogP contribution in [0.3, 0.4) is 0 Å². The van der Waals surface area contributed by atoms with Crippen molar-refractivity contribution in [1.29, 1.82) is 0 Å². The maximum atomic E-state index is 12.0. The van der Waals surface area contributed by atoms with Crippen molar-refractivity contribution in [2.75, 3.05) is 7.11 Å². The van der Waals surface area contributed by atoms with Gasteiger partial charge in [0, 0.05) is 0 Å². The number of esters is 1. The van der Waals surface area contributed by atoms with Crippen LogP contribution < -0.4 is 0 Å². The van der Waals surface area contributed by atoms with Gasteiger partial charge in [0.1, 0.15) is 5.60 Å². The van der Waals surface area contributed by atoms with E-state index in [1.54, 1.807) is 0 Å². The molecule has 3 unspecified atom stereocenters. The van der Waals surface area contributed by atoms with E-state index < -0.39 is 5.60 Å². The van der Waals surface area contributed by atoms with Crippen molar-refractivity contribution in [2.45, 2.75) is 57.7 Å². The van der Waals surface area contributed by atoms with Gasteiger partial charge in [-0.15, -0.1) is 0 Å². The Morgan fingerprint density at radius 3 is 2.75 bits per heavy atom. The van der Waals surface area contributed by atoms with Gasteiger partial charge in [-0.1, -0.05) is 33.6 Å². The van der Waals surface area contributed by atoms with Crippen LogP contribution in [0.15, 0.2) is 0 Å². The molecule has 1 aliphatic carbocycles. The Bertz CT molecular complexity index is 300. The molecule has 0 bridgehead atoms. The molecule has 2 rings (SSSR count). The van der Waals surface area contributed by atoms with Gasteiger partial charge in [-0.25, -0.2) is 4.79 Å². The second-order valence-electron chi connectivity index (χ2n) is 5.37. The fourth-order valence-electron chi connectivity index (χ4n) is 3.68. The lowest BCUT2D eigenvalue weighted by atomic mass is 9.77. The summed E-state index contributed by atoms with van der Waals surface area (Å²) in [6.07, 6.45) is 4.45. The van der Waals surface area contributed by atoms with E-state index >= 15 is 0 Å². The van der Waals surface area contributed by atoms with Crippen molar-refractivity contribution in [3.8, 4) is 0 Å². The third-order valence-electron chi connectivity index (χ3n) is 4.48. The molecule has 3 atom stereocenters. The lowest BCUT2D eigenvalue weighted by Crippen LogP contribution is -2.41. The van der Waals surface area contributed by atoms with Crippen LogP contribution in [0.4, 0.5) is 0 Å². The largest absolute Gasteiger partial charge is 0.467 e. The number of hydrogen-bond acceptors (Lipinski definition) is 3. The third-order valence-corrected chi connectivity index (χ3v) is 4.48. The maximum Gasteiger partial charge on any atom is 0.341 e. The molecule has 3 nitrogen and oxygen atoms in total. The van der Waals surface area contributed by atoms with Crippen LogP contribution in [-0.4, -0.2) is 24.3 Å². The smallest absolute Gasteiger partial charge is 0.341 e. The minimum absolute atomic E-state index is 0.178. The van der Waals surface area contributed by atoms with Gasteiger partial charge in [-0.3, -0.25) is 0 Å². The molecule has 1 saturated heterocycles. The fraction of sp³-hybridized carbons (Fsp3) is 0.923. The normalized spacial score (nSPS) is 41.7. The van der Waals surface area contributed by atoms with Crippen molar-refractivity contribution in [1.82, 2.24) is 0 Å². The molecule has 92 valence electrons. The molecular weight excluding hydrogens is 204 g/mol. The monoisotopic (exact) mass is 226 g/mol. The molecule has 1 heterocycles. The minimum Gasteiger partial charge on any atom is -0.467 e. The fourth-order valence-corrected chi connectivity index (χ4v) is 3.68. The molecular formula is C13H22O3. The second-order valence-corrected chi connectivity index (χ2v) is 5.37. The van der Waals surface area contributed by atoms with Gasteiger partial charge in [0.2, 0.25) is 0 Å². The summed E-state index contributed by atoms with van der Waals surface area (Å²) in [5.41, 5.74) is -0.859. The van der Waals surface area contributed by atoms with Crippen LogP contribution in [0.2, 0.25) is 0 Å². The van der Waals surface area contributed by atoms with E-state index in [4.69, 9.17) is 9.47 Å². The molecule has 1 aliphatic heterocycles. The highest BCUT2D eigenvalue weighted by molar-refractivity contribution is 5.85. The Morgan fingerprint density at radius 2 is 2.25 bits per heavy atom. The molecule has 0 aromatic heterocycles. The highest BCUT2D eigenvalue weighted by Gasteiger charge is 2.79. The zero-order chi connectivity index (χ0) is 12.0. The van der Waals surface area contributed by atoms with Crippen LogP contribution >= 0.6 is 0 Å². The van der Waals surface area contributed by atoms with Crippen molar-refractivity contribution in [3.05, 3.63) is 0 Å². The van der Waals surface area contributed by atoms with Gasteiger partial charge in [-0.05, 0) is 24.7 Å². The first-order valence-electron chi connectivity index (χ1n) is 6.33. The predicted octanol–water partition coefficient (Wildman–Crippen LogP) is 2.53. The molecule has 16 heavy (non-hydrogen) atoms. The molecule has 0 aromatic carbocycles. The number of carbonyl (C=O) groups is 1. The summed E-state index contributed by atoms with van der Waals surface area (Å²) in [6.45, 7) is 6.29. The Balaban J connectivity index is 2.30.